The van der Waals surface area contributed by atoms with Gasteiger partial charge in [0.25, 0.3) is 0 Å². The fraction of sp³-hybridized carbons (Fsp3) is 0.579. The maximum absolute atomic E-state index is 12.2. The lowest BCUT2D eigenvalue weighted by Gasteiger charge is -2.16. The molecule has 5 heteroatoms. The van der Waals surface area contributed by atoms with Gasteiger partial charge in [0.1, 0.15) is 0 Å². The summed E-state index contributed by atoms with van der Waals surface area (Å²) in [5, 5.41) is 3.47. The van der Waals surface area contributed by atoms with Crippen LogP contribution in [0.15, 0.2) is 24.3 Å². The summed E-state index contributed by atoms with van der Waals surface area (Å²) in [5.41, 5.74) is 1.58. The summed E-state index contributed by atoms with van der Waals surface area (Å²) in [6.45, 7) is 6.36. The molecule has 1 unspecified atom stereocenters. The van der Waals surface area contributed by atoms with E-state index in [1.165, 1.54) is 0 Å². The molecule has 1 N–H and O–H groups in total. The van der Waals surface area contributed by atoms with Gasteiger partial charge in [-0.05, 0) is 41.9 Å². The summed E-state index contributed by atoms with van der Waals surface area (Å²) in [5.74, 6) is 0.892. The van der Waals surface area contributed by atoms with Crippen LogP contribution in [0.4, 0.5) is 5.69 Å². The van der Waals surface area contributed by atoms with Crippen LogP contribution in [0.2, 0.25) is 0 Å². The van der Waals surface area contributed by atoms with Gasteiger partial charge in [-0.1, -0.05) is 45.4 Å². The number of nitrogens with one attached hydrogen (secondary N) is 1. The number of hydrogen-bond acceptors (Lipinski definition) is 3. The molecular weight excluding hydrogens is 338 g/mol. The molecular formula is C19H29NO2S2. The van der Waals surface area contributed by atoms with Crippen molar-refractivity contribution in [1.82, 2.24) is 0 Å². The normalized spacial score (nSPS) is 12.2. The third-order valence-electron chi connectivity index (χ3n) is 3.82. The molecule has 3 nitrogen and oxygen atoms in total. The molecule has 1 atom stereocenters. The van der Waals surface area contributed by atoms with Crippen LogP contribution < -0.4 is 5.32 Å². The number of carbonyl (C=O) groups is 2. The lowest BCUT2D eigenvalue weighted by Crippen LogP contribution is -2.15. The van der Waals surface area contributed by atoms with Gasteiger partial charge in [-0.3, -0.25) is 9.59 Å². The number of thioether (sulfide) groups is 1. The van der Waals surface area contributed by atoms with Crippen molar-refractivity contribution in [1.29, 1.82) is 0 Å². The second-order valence-corrected chi connectivity index (χ2v) is 8.29. The maximum atomic E-state index is 12.2. The summed E-state index contributed by atoms with van der Waals surface area (Å²) >= 11 is 5.94. The van der Waals surface area contributed by atoms with Crippen molar-refractivity contribution in [3.8, 4) is 0 Å². The highest BCUT2D eigenvalue weighted by Gasteiger charge is 2.19. The molecule has 0 saturated heterocycles. The molecule has 0 radical (unpaired) electrons. The van der Waals surface area contributed by atoms with Gasteiger partial charge in [-0.25, -0.2) is 0 Å². The third-order valence-corrected chi connectivity index (χ3v) is 5.32. The van der Waals surface area contributed by atoms with E-state index in [9.17, 15) is 9.59 Å². The Morgan fingerprint density at radius 1 is 1.17 bits per heavy atom. The Morgan fingerprint density at radius 3 is 2.50 bits per heavy atom. The van der Waals surface area contributed by atoms with E-state index in [-0.39, 0.29) is 16.9 Å². The minimum absolute atomic E-state index is 0.0143. The minimum atomic E-state index is -0.280. The number of rotatable bonds is 11. The lowest BCUT2D eigenvalue weighted by atomic mass is 9.96. The monoisotopic (exact) mass is 367 g/mol. The highest BCUT2D eigenvalue weighted by Crippen LogP contribution is 2.29. The summed E-state index contributed by atoms with van der Waals surface area (Å²) < 4.78 is 0. The number of para-hydroxylation sites is 1. The van der Waals surface area contributed by atoms with Crippen molar-refractivity contribution in [2.75, 3.05) is 11.1 Å². The van der Waals surface area contributed by atoms with Crippen LogP contribution in [0.5, 0.6) is 0 Å². The van der Waals surface area contributed by atoms with Crippen LogP contribution >= 0.6 is 24.4 Å². The van der Waals surface area contributed by atoms with Gasteiger partial charge in [0.05, 0.1) is 5.92 Å². The number of anilines is 1. The third kappa shape index (κ3) is 7.75. The summed E-state index contributed by atoms with van der Waals surface area (Å²) in [4.78, 5) is 23.8. The Morgan fingerprint density at radius 2 is 1.88 bits per heavy atom. The standard InChI is InChI=1S/C19H29NO2S2/c1-4-15(19(22)23)16-10-7-8-11-17(16)20-18(21)12-6-5-9-13-24-14(2)3/h7-8,10-11,14-15H,4-6,9,12-13H2,1-3H3,(H,20,21)(H,22,23). The van der Waals surface area contributed by atoms with E-state index >= 15 is 0 Å². The van der Waals surface area contributed by atoms with Gasteiger partial charge >= 0.3 is 0 Å². The van der Waals surface area contributed by atoms with Crippen molar-refractivity contribution < 1.29 is 9.59 Å². The van der Waals surface area contributed by atoms with Crippen molar-refractivity contribution in [3.05, 3.63) is 29.8 Å². The lowest BCUT2D eigenvalue weighted by molar-refractivity contribution is -0.116. The first kappa shape index (κ1) is 21.1. The second-order valence-electron chi connectivity index (χ2n) is 6.16. The molecule has 1 aromatic carbocycles. The van der Waals surface area contributed by atoms with E-state index < -0.39 is 0 Å². The highest BCUT2D eigenvalue weighted by molar-refractivity contribution is 7.99. The summed E-state index contributed by atoms with van der Waals surface area (Å²) in [6, 6.07) is 7.50. The Balaban J connectivity index is 2.48. The first-order valence-electron chi connectivity index (χ1n) is 8.68. The average molecular weight is 368 g/mol. The Bertz CT molecular complexity index is 532. The highest BCUT2D eigenvalue weighted by atomic mass is 32.2. The van der Waals surface area contributed by atoms with Crippen LogP contribution in [0.3, 0.4) is 0 Å². The van der Waals surface area contributed by atoms with Gasteiger partial charge in [0.2, 0.25) is 5.91 Å². The van der Waals surface area contributed by atoms with Crippen molar-refractivity contribution in [2.45, 2.75) is 64.0 Å². The summed E-state index contributed by atoms with van der Waals surface area (Å²) in [7, 11) is 0. The first-order chi connectivity index (χ1) is 11.5. The molecule has 0 spiro atoms. The molecule has 134 valence electrons. The molecule has 24 heavy (non-hydrogen) atoms. The molecule has 1 amide bonds. The fourth-order valence-corrected chi connectivity index (χ4v) is 3.70. The zero-order chi connectivity index (χ0) is 17.9. The van der Waals surface area contributed by atoms with E-state index in [1.54, 1.807) is 0 Å². The SMILES string of the molecule is CCC(C(=O)S)c1ccccc1NC(=O)CCCCCSC(C)C. The fourth-order valence-electron chi connectivity index (χ4n) is 2.54. The van der Waals surface area contributed by atoms with Gasteiger partial charge < -0.3 is 5.32 Å². The average Bonchev–Trinajstić information content (AvgIpc) is 2.52. The number of amides is 1. The number of benzene rings is 1. The molecule has 0 aromatic heterocycles. The Hall–Kier alpha value is -0.940. The molecule has 0 heterocycles. The molecule has 1 rings (SSSR count). The van der Waals surface area contributed by atoms with Crippen molar-refractivity contribution >= 4 is 41.1 Å². The zero-order valence-electron chi connectivity index (χ0n) is 14.9. The van der Waals surface area contributed by atoms with Crippen LogP contribution in [0.25, 0.3) is 0 Å². The van der Waals surface area contributed by atoms with Gasteiger partial charge in [-0.15, -0.1) is 12.6 Å². The van der Waals surface area contributed by atoms with Gasteiger partial charge in [0, 0.05) is 12.1 Å². The molecule has 0 aliphatic carbocycles. The van der Waals surface area contributed by atoms with Crippen LogP contribution in [-0.2, 0) is 9.59 Å². The van der Waals surface area contributed by atoms with Crippen LogP contribution in [0.1, 0.15) is 64.4 Å². The topological polar surface area (TPSA) is 46.2 Å². The molecule has 0 aliphatic heterocycles. The molecule has 0 saturated carbocycles. The zero-order valence-corrected chi connectivity index (χ0v) is 16.6. The molecule has 0 fully saturated rings. The summed E-state index contributed by atoms with van der Waals surface area (Å²) in [6.07, 6.45) is 4.31. The second kappa shape index (κ2) is 11.6. The number of unbranched alkanes of at least 4 members (excludes halogenated alkanes) is 2. The van der Waals surface area contributed by atoms with Gasteiger partial charge in [-0.2, -0.15) is 11.8 Å². The maximum Gasteiger partial charge on any atom is 0.224 e. The molecule has 0 bridgehead atoms. The van der Waals surface area contributed by atoms with Crippen LogP contribution in [0, 0.1) is 0 Å². The predicted molar refractivity (Wildman–Crippen MR) is 108 cm³/mol. The molecule has 1 aromatic rings. The molecule has 0 aliphatic rings. The van der Waals surface area contributed by atoms with E-state index in [1.807, 2.05) is 43.0 Å². The van der Waals surface area contributed by atoms with E-state index in [0.29, 0.717) is 18.1 Å². The van der Waals surface area contributed by atoms with Crippen molar-refractivity contribution in [2.24, 2.45) is 0 Å². The van der Waals surface area contributed by atoms with E-state index in [0.717, 1.165) is 36.3 Å². The quantitative estimate of drug-likeness (QED) is 0.413. The Kier molecular flexibility index (Phi) is 10.2. The van der Waals surface area contributed by atoms with Gasteiger partial charge in [0.15, 0.2) is 5.12 Å². The number of carbonyl (C=O) groups excluding carboxylic acids is 2. The number of thiol groups is 1. The smallest absolute Gasteiger partial charge is 0.224 e. The minimum Gasteiger partial charge on any atom is -0.326 e. The van der Waals surface area contributed by atoms with Crippen LogP contribution in [-0.4, -0.2) is 22.0 Å². The number of hydrogen-bond donors (Lipinski definition) is 2. The first-order valence-corrected chi connectivity index (χ1v) is 10.2. The largest absolute Gasteiger partial charge is 0.326 e. The van der Waals surface area contributed by atoms with Crippen molar-refractivity contribution in [3.63, 3.8) is 0 Å². The van der Waals surface area contributed by atoms with E-state index in [2.05, 4.69) is 31.8 Å². The predicted octanol–water partition coefficient (Wildman–Crippen LogP) is 5.28. The Labute approximate surface area is 155 Å². The van der Waals surface area contributed by atoms with E-state index in [4.69, 9.17) is 0 Å².